The van der Waals surface area contributed by atoms with Crippen LogP contribution in [0.2, 0.25) is 0 Å². The van der Waals surface area contributed by atoms with Crippen LogP contribution in [0.25, 0.3) is 11.1 Å². The molecule has 2 aliphatic rings. The molecule has 5 rings (SSSR count). The van der Waals surface area contributed by atoms with Crippen molar-refractivity contribution in [2.24, 2.45) is 0 Å². The number of ether oxygens (including phenoxy) is 2. The van der Waals surface area contributed by atoms with Gasteiger partial charge in [0.2, 0.25) is 0 Å². The van der Waals surface area contributed by atoms with Crippen molar-refractivity contribution < 1.29 is 18.7 Å². The SMILES string of the molecule is O=C(c1cccc(-c2cccc(F)c2)c1)N1CCN(CCOc2cccc(CN3CCOCC3)c2)CC1. The van der Waals surface area contributed by atoms with Gasteiger partial charge in [-0.05, 0) is 53.1 Å². The van der Waals surface area contributed by atoms with E-state index in [1.54, 1.807) is 6.07 Å². The van der Waals surface area contributed by atoms with Crippen molar-refractivity contribution in [3.05, 3.63) is 89.7 Å². The fraction of sp³-hybridized carbons (Fsp3) is 0.367. The number of morpholine rings is 1. The molecule has 194 valence electrons. The molecule has 2 fully saturated rings. The van der Waals surface area contributed by atoms with E-state index in [9.17, 15) is 9.18 Å². The zero-order valence-corrected chi connectivity index (χ0v) is 21.2. The summed E-state index contributed by atoms with van der Waals surface area (Å²) in [6, 6.07) is 22.2. The summed E-state index contributed by atoms with van der Waals surface area (Å²) in [6.07, 6.45) is 0. The molecule has 2 aliphatic heterocycles. The van der Waals surface area contributed by atoms with E-state index >= 15 is 0 Å². The third-order valence-corrected chi connectivity index (χ3v) is 7.01. The highest BCUT2D eigenvalue weighted by Crippen LogP contribution is 2.22. The van der Waals surface area contributed by atoms with Crippen molar-refractivity contribution >= 4 is 5.91 Å². The van der Waals surface area contributed by atoms with Gasteiger partial charge in [-0.2, -0.15) is 0 Å². The molecule has 2 saturated heterocycles. The quantitative estimate of drug-likeness (QED) is 0.462. The molecule has 0 bridgehead atoms. The van der Waals surface area contributed by atoms with Crippen molar-refractivity contribution in [1.82, 2.24) is 14.7 Å². The predicted octanol–water partition coefficient (Wildman–Crippen LogP) is 4.16. The summed E-state index contributed by atoms with van der Waals surface area (Å²) in [5.41, 5.74) is 3.50. The van der Waals surface area contributed by atoms with Crippen LogP contribution in [0.1, 0.15) is 15.9 Å². The third-order valence-electron chi connectivity index (χ3n) is 7.01. The Balaban J connectivity index is 1.08. The lowest BCUT2D eigenvalue weighted by Crippen LogP contribution is -2.49. The van der Waals surface area contributed by atoms with Crippen LogP contribution in [0.15, 0.2) is 72.8 Å². The average Bonchev–Trinajstić information content (AvgIpc) is 2.94. The van der Waals surface area contributed by atoms with Crippen LogP contribution in [0, 0.1) is 5.82 Å². The first kappa shape index (κ1) is 25.4. The molecule has 0 spiro atoms. The molecule has 1 amide bonds. The molecular weight excluding hydrogens is 469 g/mol. The minimum absolute atomic E-state index is 0.0197. The van der Waals surface area contributed by atoms with Crippen molar-refractivity contribution in [3.8, 4) is 16.9 Å². The van der Waals surface area contributed by atoms with Crippen LogP contribution in [-0.2, 0) is 11.3 Å². The Morgan fingerprint density at radius 1 is 0.811 bits per heavy atom. The molecule has 0 aliphatic carbocycles. The van der Waals surface area contributed by atoms with Crippen molar-refractivity contribution in [1.29, 1.82) is 0 Å². The van der Waals surface area contributed by atoms with Crippen LogP contribution in [0.3, 0.4) is 0 Å². The maximum Gasteiger partial charge on any atom is 0.253 e. The minimum Gasteiger partial charge on any atom is -0.492 e. The molecule has 0 unspecified atom stereocenters. The Hall–Kier alpha value is -3.26. The van der Waals surface area contributed by atoms with Crippen molar-refractivity contribution in [2.75, 3.05) is 65.6 Å². The number of rotatable bonds is 8. The van der Waals surface area contributed by atoms with E-state index in [1.165, 1.54) is 17.7 Å². The number of hydrogen-bond acceptors (Lipinski definition) is 5. The second-order valence-corrected chi connectivity index (χ2v) is 9.61. The van der Waals surface area contributed by atoms with Gasteiger partial charge in [0, 0.05) is 57.9 Å². The summed E-state index contributed by atoms with van der Waals surface area (Å²) < 4.78 is 25.1. The van der Waals surface area contributed by atoms with E-state index in [4.69, 9.17) is 9.47 Å². The average molecular weight is 504 g/mol. The highest BCUT2D eigenvalue weighted by Gasteiger charge is 2.22. The van der Waals surface area contributed by atoms with E-state index in [1.807, 2.05) is 41.3 Å². The summed E-state index contributed by atoms with van der Waals surface area (Å²) in [6.45, 7) is 8.89. The van der Waals surface area contributed by atoms with Gasteiger partial charge in [-0.3, -0.25) is 14.6 Å². The van der Waals surface area contributed by atoms with E-state index in [2.05, 4.69) is 28.0 Å². The Bertz CT molecular complexity index is 1190. The molecule has 0 aromatic heterocycles. The van der Waals surface area contributed by atoms with Gasteiger partial charge in [-0.25, -0.2) is 4.39 Å². The van der Waals surface area contributed by atoms with Gasteiger partial charge < -0.3 is 14.4 Å². The topological polar surface area (TPSA) is 45.2 Å². The normalized spacial score (nSPS) is 17.1. The summed E-state index contributed by atoms with van der Waals surface area (Å²) in [5, 5.41) is 0. The number of piperazine rings is 1. The standard InChI is InChI=1S/C30H34FN3O3/c31-28-8-3-6-26(22-28)25-5-2-7-27(21-25)30(35)34-12-10-32(11-13-34)16-19-37-29-9-1-4-24(20-29)23-33-14-17-36-18-15-33/h1-9,20-22H,10-19,23H2. The molecule has 7 heteroatoms. The monoisotopic (exact) mass is 503 g/mol. The fourth-order valence-corrected chi connectivity index (χ4v) is 4.90. The zero-order chi connectivity index (χ0) is 25.5. The predicted molar refractivity (Wildman–Crippen MR) is 142 cm³/mol. The van der Waals surface area contributed by atoms with E-state index in [0.717, 1.165) is 69.4 Å². The largest absolute Gasteiger partial charge is 0.492 e. The van der Waals surface area contributed by atoms with E-state index in [0.29, 0.717) is 25.3 Å². The molecule has 0 radical (unpaired) electrons. The number of carbonyl (C=O) groups excluding carboxylic acids is 1. The number of hydrogen-bond donors (Lipinski definition) is 0. The maximum absolute atomic E-state index is 13.6. The number of halogens is 1. The molecule has 37 heavy (non-hydrogen) atoms. The molecular formula is C30H34FN3O3. The lowest BCUT2D eigenvalue weighted by molar-refractivity contribution is 0.0341. The lowest BCUT2D eigenvalue weighted by atomic mass is 10.0. The van der Waals surface area contributed by atoms with Crippen LogP contribution < -0.4 is 4.74 Å². The van der Waals surface area contributed by atoms with Gasteiger partial charge >= 0.3 is 0 Å². The zero-order valence-electron chi connectivity index (χ0n) is 21.2. The maximum atomic E-state index is 13.6. The Kier molecular flexibility index (Phi) is 8.46. The van der Waals surface area contributed by atoms with Crippen LogP contribution >= 0.6 is 0 Å². The smallest absolute Gasteiger partial charge is 0.253 e. The Morgan fingerprint density at radius 3 is 2.32 bits per heavy atom. The minimum atomic E-state index is -0.282. The van der Waals surface area contributed by atoms with Gasteiger partial charge in [0.05, 0.1) is 13.2 Å². The first-order chi connectivity index (χ1) is 18.1. The van der Waals surface area contributed by atoms with Gasteiger partial charge in [-0.1, -0.05) is 36.4 Å². The molecule has 3 aromatic carbocycles. The number of amides is 1. The molecule has 0 N–H and O–H groups in total. The molecule has 6 nitrogen and oxygen atoms in total. The second kappa shape index (κ2) is 12.3. The van der Waals surface area contributed by atoms with E-state index in [-0.39, 0.29) is 11.7 Å². The first-order valence-electron chi connectivity index (χ1n) is 13.0. The Labute approximate surface area is 218 Å². The van der Waals surface area contributed by atoms with Crippen LogP contribution in [0.4, 0.5) is 4.39 Å². The molecule has 3 aromatic rings. The van der Waals surface area contributed by atoms with Gasteiger partial charge in [0.25, 0.3) is 5.91 Å². The summed E-state index contributed by atoms with van der Waals surface area (Å²) in [5.74, 6) is 0.638. The summed E-state index contributed by atoms with van der Waals surface area (Å²) >= 11 is 0. The lowest BCUT2D eigenvalue weighted by Gasteiger charge is -2.34. The van der Waals surface area contributed by atoms with Crippen LogP contribution in [0.5, 0.6) is 5.75 Å². The molecule has 0 atom stereocenters. The van der Waals surface area contributed by atoms with Crippen molar-refractivity contribution in [3.63, 3.8) is 0 Å². The number of carbonyl (C=O) groups is 1. The summed E-state index contributed by atoms with van der Waals surface area (Å²) in [4.78, 5) is 19.8. The second-order valence-electron chi connectivity index (χ2n) is 9.61. The fourth-order valence-electron chi connectivity index (χ4n) is 4.90. The number of benzene rings is 3. The van der Waals surface area contributed by atoms with Crippen LogP contribution in [-0.4, -0.2) is 86.2 Å². The number of nitrogens with zero attached hydrogens (tertiary/aromatic N) is 3. The highest BCUT2D eigenvalue weighted by atomic mass is 19.1. The van der Waals surface area contributed by atoms with Gasteiger partial charge in [0.1, 0.15) is 18.2 Å². The summed E-state index contributed by atoms with van der Waals surface area (Å²) in [7, 11) is 0. The highest BCUT2D eigenvalue weighted by molar-refractivity contribution is 5.95. The van der Waals surface area contributed by atoms with Crippen molar-refractivity contribution in [2.45, 2.75) is 6.54 Å². The Morgan fingerprint density at radius 2 is 1.54 bits per heavy atom. The first-order valence-corrected chi connectivity index (χ1v) is 13.0. The van der Waals surface area contributed by atoms with Gasteiger partial charge in [-0.15, -0.1) is 0 Å². The molecule has 0 saturated carbocycles. The molecule has 2 heterocycles. The third kappa shape index (κ3) is 6.95. The van der Waals surface area contributed by atoms with Gasteiger partial charge in [0.15, 0.2) is 0 Å². The van der Waals surface area contributed by atoms with E-state index < -0.39 is 0 Å².